The number of fused-ring (bicyclic) bond motifs is 1. The lowest BCUT2D eigenvalue weighted by molar-refractivity contribution is 0.0939. The quantitative estimate of drug-likeness (QED) is 0.860. The van der Waals surface area contributed by atoms with Gasteiger partial charge in [0, 0.05) is 10.0 Å². The van der Waals surface area contributed by atoms with Crippen molar-refractivity contribution in [2.75, 3.05) is 6.79 Å². The molecule has 3 rings (SSSR count). The fraction of sp³-hybridized carbons (Fsp3) is 0.188. The minimum Gasteiger partial charge on any atom is -0.454 e. The third-order valence-corrected chi connectivity index (χ3v) is 4.16. The van der Waals surface area contributed by atoms with E-state index in [0.717, 1.165) is 10.0 Å². The molecule has 0 spiro atoms. The van der Waals surface area contributed by atoms with E-state index >= 15 is 0 Å². The van der Waals surface area contributed by atoms with Crippen LogP contribution in [0.2, 0.25) is 5.02 Å². The van der Waals surface area contributed by atoms with Gasteiger partial charge in [0.25, 0.3) is 5.91 Å². The molecule has 0 radical (unpaired) electrons. The Labute approximate surface area is 141 Å². The maximum atomic E-state index is 12.4. The highest BCUT2D eigenvalue weighted by Crippen LogP contribution is 2.39. The van der Waals surface area contributed by atoms with Gasteiger partial charge < -0.3 is 14.8 Å². The van der Waals surface area contributed by atoms with E-state index in [2.05, 4.69) is 21.2 Å². The predicted octanol–water partition coefficient (Wildman–Crippen LogP) is 4.32. The second-order valence-corrected chi connectivity index (χ2v) is 6.26. The van der Waals surface area contributed by atoms with Crippen LogP contribution in [0.15, 0.2) is 40.9 Å². The van der Waals surface area contributed by atoms with E-state index in [9.17, 15) is 4.79 Å². The molecule has 0 bridgehead atoms. The Kier molecular flexibility index (Phi) is 4.27. The number of ether oxygens (including phenoxy) is 2. The summed E-state index contributed by atoms with van der Waals surface area (Å²) in [7, 11) is 0. The second-order valence-electron chi connectivity index (χ2n) is 4.94. The van der Waals surface area contributed by atoms with Crippen LogP contribution < -0.4 is 14.8 Å². The second kappa shape index (κ2) is 6.18. The lowest BCUT2D eigenvalue weighted by Gasteiger charge is -2.15. The number of carbonyl (C=O) groups is 1. The third kappa shape index (κ3) is 3.05. The zero-order chi connectivity index (χ0) is 15.7. The Bertz CT molecular complexity index is 735. The van der Waals surface area contributed by atoms with Crippen molar-refractivity contribution in [2.24, 2.45) is 0 Å². The first-order chi connectivity index (χ1) is 10.5. The molecule has 1 heterocycles. The van der Waals surface area contributed by atoms with E-state index in [1.165, 1.54) is 0 Å². The van der Waals surface area contributed by atoms with Gasteiger partial charge in [-0.3, -0.25) is 4.79 Å². The monoisotopic (exact) mass is 381 g/mol. The van der Waals surface area contributed by atoms with E-state index in [1.54, 1.807) is 12.1 Å². The number of hydrogen-bond donors (Lipinski definition) is 1. The number of hydrogen-bond acceptors (Lipinski definition) is 3. The van der Waals surface area contributed by atoms with Crippen LogP contribution in [0, 0.1) is 0 Å². The minimum absolute atomic E-state index is 0.120. The van der Waals surface area contributed by atoms with Crippen molar-refractivity contribution in [1.29, 1.82) is 0 Å². The summed E-state index contributed by atoms with van der Waals surface area (Å²) in [6, 6.07) is 10.9. The highest BCUT2D eigenvalue weighted by Gasteiger charge is 2.21. The standard InChI is InChI=1S/C16H13BrClNO3/c1-9(10-3-2-4-12(17)5-10)19-16(20)11-6-13(18)15-14(7-11)21-8-22-15/h2-7,9H,8H2,1H3,(H,19,20)/t9-/m0/s1. The summed E-state index contributed by atoms with van der Waals surface area (Å²) < 4.78 is 11.5. The Morgan fingerprint density at radius 2 is 2.14 bits per heavy atom. The molecule has 0 saturated carbocycles. The van der Waals surface area contributed by atoms with Gasteiger partial charge in [-0.25, -0.2) is 0 Å². The van der Waals surface area contributed by atoms with Gasteiger partial charge in [-0.2, -0.15) is 0 Å². The van der Waals surface area contributed by atoms with Gasteiger partial charge >= 0.3 is 0 Å². The molecule has 4 nitrogen and oxygen atoms in total. The van der Waals surface area contributed by atoms with E-state index in [-0.39, 0.29) is 18.7 Å². The van der Waals surface area contributed by atoms with Crippen molar-refractivity contribution < 1.29 is 14.3 Å². The first-order valence-corrected chi connectivity index (χ1v) is 7.87. The van der Waals surface area contributed by atoms with Gasteiger partial charge in [-0.15, -0.1) is 0 Å². The summed E-state index contributed by atoms with van der Waals surface area (Å²) in [5.74, 6) is 0.763. The van der Waals surface area contributed by atoms with Gasteiger partial charge in [0.05, 0.1) is 11.1 Å². The first kappa shape index (κ1) is 15.2. The molecule has 1 N–H and O–H groups in total. The number of halogens is 2. The van der Waals surface area contributed by atoms with Gasteiger partial charge in [0.2, 0.25) is 6.79 Å². The number of amides is 1. The van der Waals surface area contributed by atoms with Gasteiger partial charge in [-0.05, 0) is 36.8 Å². The zero-order valence-electron chi connectivity index (χ0n) is 11.7. The molecule has 1 aliphatic heterocycles. The van der Waals surface area contributed by atoms with E-state index < -0.39 is 0 Å². The molecule has 0 fully saturated rings. The van der Waals surface area contributed by atoms with Gasteiger partial charge in [-0.1, -0.05) is 39.7 Å². The Morgan fingerprint density at radius 1 is 1.32 bits per heavy atom. The number of nitrogens with one attached hydrogen (secondary N) is 1. The number of benzene rings is 2. The molecule has 0 unspecified atom stereocenters. The van der Waals surface area contributed by atoms with Gasteiger partial charge in [0.15, 0.2) is 11.5 Å². The molecule has 114 valence electrons. The Hall–Kier alpha value is -1.72. The normalized spacial score (nSPS) is 13.8. The van der Waals surface area contributed by atoms with Crippen molar-refractivity contribution in [2.45, 2.75) is 13.0 Å². The maximum Gasteiger partial charge on any atom is 0.251 e. The highest BCUT2D eigenvalue weighted by atomic mass is 79.9. The summed E-state index contributed by atoms with van der Waals surface area (Å²) in [5.41, 5.74) is 1.45. The molecule has 1 atom stereocenters. The number of rotatable bonds is 3. The van der Waals surface area contributed by atoms with Crippen LogP contribution in [0.4, 0.5) is 0 Å². The van der Waals surface area contributed by atoms with Crippen LogP contribution in [0.3, 0.4) is 0 Å². The zero-order valence-corrected chi connectivity index (χ0v) is 14.1. The van der Waals surface area contributed by atoms with Crippen LogP contribution in [0.25, 0.3) is 0 Å². The van der Waals surface area contributed by atoms with Crippen LogP contribution in [-0.4, -0.2) is 12.7 Å². The Morgan fingerprint density at radius 3 is 2.91 bits per heavy atom. The lowest BCUT2D eigenvalue weighted by atomic mass is 10.1. The molecule has 1 amide bonds. The molecule has 2 aromatic rings. The number of carbonyl (C=O) groups excluding carboxylic acids is 1. The smallest absolute Gasteiger partial charge is 0.251 e. The van der Waals surface area contributed by atoms with E-state index in [1.807, 2.05) is 31.2 Å². The van der Waals surface area contributed by atoms with E-state index in [4.69, 9.17) is 21.1 Å². The maximum absolute atomic E-state index is 12.4. The highest BCUT2D eigenvalue weighted by molar-refractivity contribution is 9.10. The predicted molar refractivity (Wildman–Crippen MR) is 87.6 cm³/mol. The molecule has 0 saturated heterocycles. The summed E-state index contributed by atoms with van der Waals surface area (Å²) in [4.78, 5) is 12.4. The first-order valence-electron chi connectivity index (χ1n) is 6.70. The summed E-state index contributed by atoms with van der Waals surface area (Å²) in [5, 5.41) is 3.31. The lowest BCUT2D eigenvalue weighted by Crippen LogP contribution is -2.26. The van der Waals surface area contributed by atoms with Crippen LogP contribution in [-0.2, 0) is 0 Å². The summed E-state index contributed by atoms with van der Waals surface area (Å²) >= 11 is 9.53. The topological polar surface area (TPSA) is 47.6 Å². The minimum atomic E-state index is -0.215. The van der Waals surface area contributed by atoms with Crippen LogP contribution in [0.1, 0.15) is 28.9 Å². The Balaban J connectivity index is 1.79. The van der Waals surface area contributed by atoms with Crippen LogP contribution in [0.5, 0.6) is 11.5 Å². The largest absolute Gasteiger partial charge is 0.454 e. The van der Waals surface area contributed by atoms with Crippen molar-refractivity contribution >= 4 is 33.4 Å². The summed E-state index contributed by atoms with van der Waals surface area (Å²) in [6.45, 7) is 2.04. The molecule has 2 aromatic carbocycles. The SMILES string of the molecule is C[C@H](NC(=O)c1cc(Cl)c2c(c1)OCO2)c1cccc(Br)c1. The molecule has 6 heteroatoms. The molecular weight excluding hydrogens is 370 g/mol. The van der Waals surface area contributed by atoms with Crippen LogP contribution >= 0.6 is 27.5 Å². The molecule has 22 heavy (non-hydrogen) atoms. The van der Waals surface area contributed by atoms with Crippen molar-refractivity contribution in [3.05, 3.63) is 57.0 Å². The fourth-order valence-corrected chi connectivity index (χ4v) is 2.92. The average molecular weight is 383 g/mol. The van der Waals surface area contributed by atoms with Crippen molar-refractivity contribution in [3.63, 3.8) is 0 Å². The van der Waals surface area contributed by atoms with E-state index in [0.29, 0.717) is 22.1 Å². The third-order valence-electron chi connectivity index (χ3n) is 3.39. The van der Waals surface area contributed by atoms with Crippen molar-refractivity contribution in [3.8, 4) is 11.5 Å². The summed E-state index contributed by atoms with van der Waals surface area (Å²) in [6.07, 6.45) is 0. The van der Waals surface area contributed by atoms with Crippen molar-refractivity contribution in [1.82, 2.24) is 5.32 Å². The molecule has 0 aliphatic carbocycles. The molecular formula is C16H13BrClNO3. The molecule has 0 aromatic heterocycles. The van der Waals surface area contributed by atoms with Gasteiger partial charge in [0.1, 0.15) is 0 Å². The average Bonchev–Trinajstić information content (AvgIpc) is 2.96. The fourth-order valence-electron chi connectivity index (χ4n) is 2.24. The molecule has 1 aliphatic rings.